The van der Waals surface area contributed by atoms with Crippen molar-refractivity contribution >= 4 is 84.5 Å². The number of carbonyl (C=O) groups excluding carboxylic acids is 5. The van der Waals surface area contributed by atoms with Gasteiger partial charge in [0.25, 0.3) is 0 Å². The second kappa shape index (κ2) is 25.0. The Hall–Kier alpha value is -8.15. The number of nitrogen functional groups attached to an aromatic ring is 1. The maximum atomic E-state index is 12.4. The zero-order valence-corrected chi connectivity index (χ0v) is 40.8. The Morgan fingerprint density at radius 2 is 1.07 bits per heavy atom. The lowest BCUT2D eigenvalue weighted by molar-refractivity contribution is -0.275. The molecule has 0 radical (unpaired) electrons. The van der Waals surface area contributed by atoms with Crippen LogP contribution in [0, 0.1) is 0 Å². The summed E-state index contributed by atoms with van der Waals surface area (Å²) in [7, 11) is 0. The summed E-state index contributed by atoms with van der Waals surface area (Å²) in [5.74, 6) is -2.23. The van der Waals surface area contributed by atoms with E-state index >= 15 is 0 Å². The number of anilines is 6. The molecule has 0 saturated carbocycles. The van der Waals surface area contributed by atoms with Crippen LogP contribution in [0.3, 0.4) is 0 Å². The molecule has 6 aromatic rings. The molecule has 0 spiro atoms. The molecule has 4 aromatic heterocycles. The third kappa shape index (κ3) is 18.2. The number of amides is 3. The number of benzene rings is 2. The molecule has 0 aliphatic carbocycles. The molecule has 2 unspecified atom stereocenters. The Morgan fingerprint density at radius 1 is 0.608 bits per heavy atom. The number of hydrogen-bond donors (Lipinski definition) is 4. The lowest BCUT2D eigenvalue weighted by atomic mass is 10.1. The molecule has 392 valence electrons. The summed E-state index contributed by atoms with van der Waals surface area (Å²) in [5.41, 5.74) is 7.92. The summed E-state index contributed by atoms with van der Waals surface area (Å²) in [6.07, 6.45) is -8.19. The van der Waals surface area contributed by atoms with Crippen LogP contribution in [-0.2, 0) is 41.6 Å². The third-order valence-electron chi connectivity index (χ3n) is 10.1. The van der Waals surface area contributed by atoms with Crippen LogP contribution in [0.2, 0.25) is 0 Å². The first-order valence-corrected chi connectivity index (χ1v) is 23.5. The SMILES string of the molecule is CC(=O)Nc1nnc(N2CCC(c3ccc(NC(=O)Cc4cccc(OC(F)(F)F)c4)nn3)C2)s1.CC(=O)OC(C)=O.Nc1nnc(N2CCC(c3ccc(NC(=O)Cc4cccc(OC(F)(F)F)c4)nn3)C2)s1. The standard InChI is InChI=1S/C21H20F3N7O3S.C19H18F3N7O2S.C4H6O3/c1-12(32)25-19-29-30-20(35-19)31-8-7-14(11-31)16-5-6-17(28-27-16)26-18(33)10-13-3-2-4-15(9-13)34-21(22,23)24;20-19(21,22)31-13-3-1-2-11(8-13)9-16(30)24-15-5-4-14(25-26-15)12-6-7-29(10-12)18-28-27-17(23)32-18;1-3(5)7-4(2)6/h2-6,9,14H,7-8,10-11H2,1H3,(H,25,29,32)(H,26,28,33);1-5,8,12H,6-7,9-10H2,(H2,23,27)(H,24,26,30);1-2H3. The van der Waals surface area contributed by atoms with Gasteiger partial charge in [0.15, 0.2) is 11.6 Å². The summed E-state index contributed by atoms with van der Waals surface area (Å²) in [4.78, 5) is 59.5. The number of carbonyl (C=O) groups is 5. The number of alkyl halides is 6. The van der Waals surface area contributed by atoms with Crippen molar-refractivity contribution in [3.8, 4) is 11.5 Å². The second-order valence-electron chi connectivity index (χ2n) is 16.0. The lowest BCUT2D eigenvalue weighted by Gasteiger charge is -2.14. The summed E-state index contributed by atoms with van der Waals surface area (Å²) in [5, 5.41) is 42.6. The van der Waals surface area contributed by atoms with E-state index in [-0.39, 0.29) is 48.0 Å². The predicted octanol–water partition coefficient (Wildman–Crippen LogP) is 6.44. The molecule has 2 aliphatic heterocycles. The van der Waals surface area contributed by atoms with Crippen molar-refractivity contribution in [1.29, 1.82) is 0 Å². The largest absolute Gasteiger partial charge is 0.573 e. The van der Waals surface area contributed by atoms with E-state index in [4.69, 9.17) is 5.73 Å². The van der Waals surface area contributed by atoms with Crippen molar-refractivity contribution in [3.63, 3.8) is 0 Å². The minimum Gasteiger partial charge on any atom is -0.406 e. The van der Waals surface area contributed by atoms with E-state index in [1.54, 1.807) is 24.3 Å². The molecule has 2 saturated heterocycles. The maximum Gasteiger partial charge on any atom is 0.573 e. The van der Waals surface area contributed by atoms with Crippen LogP contribution in [0.4, 0.5) is 58.5 Å². The second-order valence-corrected chi connectivity index (χ2v) is 17.9. The normalized spacial score (nSPS) is 15.1. The minimum absolute atomic E-state index is 0.108. The Balaban J connectivity index is 0.000000214. The van der Waals surface area contributed by atoms with E-state index in [0.717, 1.165) is 54.6 Å². The molecule has 2 aromatic carbocycles. The van der Waals surface area contributed by atoms with E-state index in [0.29, 0.717) is 39.6 Å². The van der Waals surface area contributed by atoms with Crippen molar-refractivity contribution in [1.82, 2.24) is 40.8 Å². The van der Waals surface area contributed by atoms with Crippen molar-refractivity contribution in [2.24, 2.45) is 0 Å². The van der Waals surface area contributed by atoms with Gasteiger partial charge in [0.1, 0.15) is 11.5 Å². The molecule has 0 bridgehead atoms. The van der Waals surface area contributed by atoms with Crippen LogP contribution >= 0.6 is 22.7 Å². The van der Waals surface area contributed by atoms with E-state index in [2.05, 4.69) is 80.8 Å². The number of halogens is 6. The Morgan fingerprint density at radius 3 is 1.45 bits per heavy atom. The van der Waals surface area contributed by atoms with E-state index in [9.17, 15) is 50.3 Å². The van der Waals surface area contributed by atoms with Gasteiger partial charge in [0, 0.05) is 58.8 Å². The number of esters is 2. The van der Waals surface area contributed by atoms with Gasteiger partial charge in [0.2, 0.25) is 38.2 Å². The van der Waals surface area contributed by atoms with Crippen LogP contribution in [-0.4, -0.2) is 109 Å². The molecule has 3 amide bonds. The molecule has 6 heterocycles. The molecule has 74 heavy (non-hydrogen) atoms. The fourth-order valence-corrected chi connectivity index (χ4v) is 8.63. The van der Waals surface area contributed by atoms with Crippen LogP contribution < -0.4 is 41.0 Å². The topological polar surface area (TPSA) is 285 Å². The number of aromatic nitrogens is 8. The lowest BCUT2D eigenvalue weighted by Crippen LogP contribution is -2.19. The molecule has 22 nitrogen and oxygen atoms in total. The first-order valence-electron chi connectivity index (χ1n) is 21.9. The summed E-state index contributed by atoms with van der Waals surface area (Å²) in [6.45, 7) is 6.69. The van der Waals surface area contributed by atoms with Gasteiger partial charge in [-0.3, -0.25) is 24.0 Å². The van der Waals surface area contributed by atoms with Crippen molar-refractivity contribution in [2.75, 3.05) is 57.7 Å². The van der Waals surface area contributed by atoms with Gasteiger partial charge in [-0.2, -0.15) is 10.2 Å². The first kappa shape index (κ1) is 55.2. The van der Waals surface area contributed by atoms with Crippen molar-refractivity contribution in [2.45, 2.75) is 71.0 Å². The zero-order valence-electron chi connectivity index (χ0n) is 39.1. The fraction of sp³-hybridized carbons (Fsp3) is 0.341. The molecular weight excluding hydrogens is 1030 g/mol. The molecule has 8 rings (SSSR count). The number of nitrogens with zero attached hydrogens (tertiary/aromatic N) is 10. The van der Waals surface area contributed by atoms with Gasteiger partial charge in [-0.1, -0.05) is 46.9 Å². The molecular formula is C44H44F6N14O8S2. The van der Waals surface area contributed by atoms with Gasteiger partial charge < -0.3 is 45.7 Å². The Bertz CT molecular complexity index is 2880. The molecule has 2 atom stereocenters. The van der Waals surface area contributed by atoms with Crippen molar-refractivity contribution < 1.29 is 64.5 Å². The molecule has 2 aliphatic rings. The highest BCUT2D eigenvalue weighted by Gasteiger charge is 2.33. The first-order chi connectivity index (χ1) is 35.0. The third-order valence-corrected chi connectivity index (χ3v) is 11.8. The highest BCUT2D eigenvalue weighted by atomic mass is 32.1. The fourth-order valence-electron chi connectivity index (χ4n) is 7.16. The Kier molecular flexibility index (Phi) is 18.6. The number of ether oxygens (including phenoxy) is 3. The molecule has 2 fully saturated rings. The van der Waals surface area contributed by atoms with Gasteiger partial charge in [0.05, 0.1) is 24.2 Å². The highest BCUT2D eigenvalue weighted by molar-refractivity contribution is 7.19. The van der Waals surface area contributed by atoms with Crippen molar-refractivity contribution in [3.05, 3.63) is 95.3 Å². The zero-order chi connectivity index (χ0) is 53.6. The minimum atomic E-state index is -4.80. The van der Waals surface area contributed by atoms with E-state index in [1.807, 2.05) is 0 Å². The maximum absolute atomic E-state index is 12.4. The van der Waals surface area contributed by atoms with Crippen LogP contribution in [0.1, 0.15) is 68.0 Å². The average Bonchev–Trinajstić information content (AvgIpc) is 4.15. The quantitative estimate of drug-likeness (QED) is 0.0550. The summed E-state index contributed by atoms with van der Waals surface area (Å²) < 4.78 is 85.9. The number of nitrogens with one attached hydrogen (secondary N) is 3. The van der Waals surface area contributed by atoms with Crippen LogP contribution in [0.5, 0.6) is 11.5 Å². The van der Waals surface area contributed by atoms with E-state index < -0.39 is 42.2 Å². The molecule has 5 N–H and O–H groups in total. The monoisotopic (exact) mass is 1070 g/mol. The average molecular weight is 1080 g/mol. The summed E-state index contributed by atoms with van der Waals surface area (Å²) in [6, 6.07) is 17.3. The molecule has 30 heteroatoms. The summed E-state index contributed by atoms with van der Waals surface area (Å²) >= 11 is 2.62. The van der Waals surface area contributed by atoms with Gasteiger partial charge in [-0.05, 0) is 72.5 Å². The predicted molar refractivity (Wildman–Crippen MR) is 255 cm³/mol. The smallest absolute Gasteiger partial charge is 0.406 e. The van der Waals surface area contributed by atoms with Gasteiger partial charge in [-0.15, -0.1) is 56.9 Å². The van der Waals surface area contributed by atoms with Gasteiger partial charge >= 0.3 is 24.7 Å². The van der Waals surface area contributed by atoms with Crippen LogP contribution in [0.15, 0.2) is 72.8 Å². The number of hydrogen-bond acceptors (Lipinski definition) is 21. The number of rotatable bonds is 13. The van der Waals surface area contributed by atoms with Crippen LogP contribution in [0.25, 0.3) is 0 Å². The van der Waals surface area contributed by atoms with Gasteiger partial charge in [-0.25, -0.2) is 0 Å². The Labute approximate surface area is 424 Å². The number of nitrogens with two attached hydrogens (primary N) is 1. The highest BCUT2D eigenvalue weighted by Crippen LogP contribution is 2.34. The van der Waals surface area contributed by atoms with E-state index in [1.165, 1.54) is 79.8 Å².